The lowest BCUT2D eigenvalue weighted by Gasteiger charge is -2.12. The highest BCUT2D eigenvalue weighted by Gasteiger charge is 2.04. The average Bonchev–Trinajstić information content (AvgIpc) is 2.26. The molecule has 1 unspecified atom stereocenters. The summed E-state index contributed by atoms with van der Waals surface area (Å²) >= 11 is 0. The third-order valence-corrected chi connectivity index (χ3v) is 2.31. The molecule has 1 aromatic heterocycles. The molecule has 0 amide bonds. The fourth-order valence-electron chi connectivity index (χ4n) is 1.44. The van der Waals surface area contributed by atoms with E-state index in [0.717, 1.165) is 6.42 Å². The van der Waals surface area contributed by atoms with Crippen LogP contribution >= 0.6 is 0 Å². The van der Waals surface area contributed by atoms with Crippen molar-refractivity contribution in [3.63, 3.8) is 0 Å². The van der Waals surface area contributed by atoms with Crippen LogP contribution in [0.4, 0.5) is 0 Å². The van der Waals surface area contributed by atoms with Gasteiger partial charge in [0.25, 0.3) is 0 Å². The maximum Gasteiger partial charge on any atom is 0.316 e. The van der Waals surface area contributed by atoms with Gasteiger partial charge in [-0.1, -0.05) is 26.2 Å². The summed E-state index contributed by atoms with van der Waals surface area (Å²) in [5.41, 5.74) is 0. The Kier molecular flexibility index (Phi) is 5.74. The summed E-state index contributed by atoms with van der Waals surface area (Å²) < 4.78 is 5.57. The van der Waals surface area contributed by atoms with E-state index in [0.29, 0.717) is 6.01 Å². The van der Waals surface area contributed by atoms with Crippen molar-refractivity contribution in [2.24, 2.45) is 0 Å². The van der Waals surface area contributed by atoms with Gasteiger partial charge in [-0.3, -0.25) is 0 Å². The van der Waals surface area contributed by atoms with Crippen LogP contribution in [0.25, 0.3) is 0 Å². The van der Waals surface area contributed by atoms with E-state index in [1.807, 2.05) is 0 Å². The molecule has 0 aliphatic rings. The first kappa shape index (κ1) is 12.0. The highest BCUT2D eigenvalue weighted by Crippen LogP contribution is 2.09. The van der Waals surface area contributed by atoms with Crippen molar-refractivity contribution in [1.82, 2.24) is 9.97 Å². The molecule has 0 saturated heterocycles. The van der Waals surface area contributed by atoms with Crippen molar-refractivity contribution >= 4 is 0 Å². The van der Waals surface area contributed by atoms with Crippen LogP contribution in [0, 0.1) is 0 Å². The molecule has 1 rings (SSSR count). The molecule has 0 aromatic carbocycles. The van der Waals surface area contributed by atoms with Crippen molar-refractivity contribution in [3.8, 4) is 6.01 Å². The molecule has 0 aliphatic carbocycles. The molecule has 1 heterocycles. The van der Waals surface area contributed by atoms with Crippen LogP contribution in [-0.4, -0.2) is 16.1 Å². The monoisotopic (exact) mass is 208 g/mol. The van der Waals surface area contributed by atoms with Gasteiger partial charge in [0.2, 0.25) is 0 Å². The summed E-state index contributed by atoms with van der Waals surface area (Å²) in [7, 11) is 0. The fourth-order valence-corrected chi connectivity index (χ4v) is 1.44. The Labute approximate surface area is 91.9 Å². The summed E-state index contributed by atoms with van der Waals surface area (Å²) in [5.74, 6) is 0. The van der Waals surface area contributed by atoms with Gasteiger partial charge in [0, 0.05) is 12.4 Å². The third kappa shape index (κ3) is 5.35. The van der Waals surface area contributed by atoms with E-state index in [1.165, 1.54) is 25.7 Å². The summed E-state index contributed by atoms with van der Waals surface area (Å²) in [4.78, 5) is 8.06. The van der Waals surface area contributed by atoms with Gasteiger partial charge in [-0.2, -0.15) is 0 Å². The highest BCUT2D eigenvalue weighted by molar-refractivity contribution is 4.93. The molecule has 0 spiro atoms. The fraction of sp³-hybridized carbons (Fsp3) is 0.667. The minimum Gasteiger partial charge on any atom is -0.460 e. The van der Waals surface area contributed by atoms with Crippen molar-refractivity contribution in [2.45, 2.75) is 52.1 Å². The molecule has 3 nitrogen and oxygen atoms in total. The molecule has 1 atom stereocenters. The summed E-state index contributed by atoms with van der Waals surface area (Å²) in [6.45, 7) is 4.29. The lowest BCUT2D eigenvalue weighted by atomic mass is 10.1. The molecular formula is C12H20N2O. The van der Waals surface area contributed by atoms with Gasteiger partial charge in [0.1, 0.15) is 0 Å². The number of nitrogens with zero attached hydrogens (tertiary/aromatic N) is 2. The van der Waals surface area contributed by atoms with Crippen molar-refractivity contribution in [3.05, 3.63) is 18.5 Å². The van der Waals surface area contributed by atoms with Gasteiger partial charge in [0.05, 0.1) is 6.10 Å². The first-order chi connectivity index (χ1) is 7.33. The first-order valence-corrected chi connectivity index (χ1v) is 5.76. The van der Waals surface area contributed by atoms with Crippen molar-refractivity contribution in [2.75, 3.05) is 0 Å². The molecule has 15 heavy (non-hydrogen) atoms. The van der Waals surface area contributed by atoms with Crippen LogP contribution < -0.4 is 4.74 Å². The highest BCUT2D eigenvalue weighted by atomic mass is 16.5. The van der Waals surface area contributed by atoms with E-state index in [4.69, 9.17) is 4.74 Å². The number of hydrogen-bond acceptors (Lipinski definition) is 3. The smallest absolute Gasteiger partial charge is 0.316 e. The summed E-state index contributed by atoms with van der Waals surface area (Å²) in [5, 5.41) is 0. The van der Waals surface area contributed by atoms with Crippen LogP contribution in [0.1, 0.15) is 46.0 Å². The van der Waals surface area contributed by atoms with E-state index in [-0.39, 0.29) is 6.10 Å². The van der Waals surface area contributed by atoms with E-state index < -0.39 is 0 Å². The van der Waals surface area contributed by atoms with Gasteiger partial charge in [0.15, 0.2) is 0 Å². The van der Waals surface area contributed by atoms with E-state index in [9.17, 15) is 0 Å². The zero-order valence-corrected chi connectivity index (χ0v) is 9.65. The lowest BCUT2D eigenvalue weighted by Crippen LogP contribution is -2.13. The Morgan fingerprint density at radius 3 is 2.60 bits per heavy atom. The zero-order chi connectivity index (χ0) is 10.9. The molecule has 84 valence electrons. The van der Waals surface area contributed by atoms with Gasteiger partial charge >= 0.3 is 6.01 Å². The minimum absolute atomic E-state index is 0.212. The SMILES string of the molecule is CCCCCCC(C)Oc1ncccn1. The third-order valence-electron chi connectivity index (χ3n) is 2.31. The van der Waals surface area contributed by atoms with Crippen LogP contribution in [0.2, 0.25) is 0 Å². The summed E-state index contributed by atoms with van der Waals surface area (Å²) in [6.07, 6.45) is 9.80. The molecule has 0 aliphatic heterocycles. The van der Waals surface area contributed by atoms with E-state index >= 15 is 0 Å². The Hall–Kier alpha value is -1.12. The van der Waals surface area contributed by atoms with Gasteiger partial charge in [-0.15, -0.1) is 0 Å². The summed E-state index contributed by atoms with van der Waals surface area (Å²) in [6, 6.07) is 2.28. The average molecular weight is 208 g/mol. The second kappa shape index (κ2) is 7.21. The van der Waals surface area contributed by atoms with E-state index in [1.54, 1.807) is 18.5 Å². The standard InChI is InChI=1S/C12H20N2O/c1-3-4-5-6-8-11(2)15-12-13-9-7-10-14-12/h7,9-11H,3-6,8H2,1-2H3. The molecule has 0 radical (unpaired) electrons. The molecule has 0 bridgehead atoms. The molecule has 0 N–H and O–H groups in total. The van der Waals surface area contributed by atoms with Crippen LogP contribution in [0.5, 0.6) is 6.01 Å². The largest absolute Gasteiger partial charge is 0.460 e. The molecule has 0 fully saturated rings. The Morgan fingerprint density at radius 2 is 1.93 bits per heavy atom. The van der Waals surface area contributed by atoms with Gasteiger partial charge in [-0.25, -0.2) is 9.97 Å². The molecule has 3 heteroatoms. The second-order valence-corrected chi connectivity index (χ2v) is 3.81. The van der Waals surface area contributed by atoms with Crippen LogP contribution in [0.3, 0.4) is 0 Å². The number of rotatable bonds is 7. The van der Waals surface area contributed by atoms with Crippen molar-refractivity contribution in [1.29, 1.82) is 0 Å². The van der Waals surface area contributed by atoms with Crippen LogP contribution in [0.15, 0.2) is 18.5 Å². The maximum absolute atomic E-state index is 5.57. The second-order valence-electron chi connectivity index (χ2n) is 3.81. The normalized spacial score (nSPS) is 12.4. The Morgan fingerprint density at radius 1 is 1.20 bits per heavy atom. The maximum atomic E-state index is 5.57. The van der Waals surface area contributed by atoms with Crippen molar-refractivity contribution < 1.29 is 4.74 Å². The zero-order valence-electron chi connectivity index (χ0n) is 9.65. The van der Waals surface area contributed by atoms with Crippen LogP contribution in [-0.2, 0) is 0 Å². The number of hydrogen-bond donors (Lipinski definition) is 0. The predicted molar refractivity (Wildman–Crippen MR) is 60.9 cm³/mol. The Balaban J connectivity index is 2.16. The molecule has 0 saturated carbocycles. The predicted octanol–water partition coefficient (Wildman–Crippen LogP) is 3.21. The topological polar surface area (TPSA) is 35.0 Å². The molecular weight excluding hydrogens is 188 g/mol. The van der Waals surface area contributed by atoms with Gasteiger partial charge in [-0.05, 0) is 25.8 Å². The first-order valence-electron chi connectivity index (χ1n) is 5.76. The van der Waals surface area contributed by atoms with Gasteiger partial charge < -0.3 is 4.74 Å². The Bertz CT molecular complexity index is 251. The quantitative estimate of drug-likeness (QED) is 0.645. The molecule has 1 aromatic rings. The lowest BCUT2D eigenvalue weighted by molar-refractivity contribution is 0.189. The number of aromatic nitrogens is 2. The minimum atomic E-state index is 0.212. The number of unbranched alkanes of at least 4 members (excludes halogenated alkanes) is 3. The number of ether oxygens (including phenoxy) is 1. The van der Waals surface area contributed by atoms with E-state index in [2.05, 4.69) is 23.8 Å².